The predicted octanol–water partition coefficient (Wildman–Crippen LogP) is 1.95. The lowest BCUT2D eigenvalue weighted by atomic mass is 9.79. The number of sulfone groups is 1. The summed E-state index contributed by atoms with van der Waals surface area (Å²) < 4.78 is 24.3. The summed E-state index contributed by atoms with van der Waals surface area (Å²) in [7, 11) is -2.82. The van der Waals surface area contributed by atoms with Crippen LogP contribution < -0.4 is 5.32 Å². The van der Waals surface area contributed by atoms with Gasteiger partial charge in [0, 0.05) is 31.2 Å². The number of nitrogens with one attached hydrogen (secondary N) is 1. The van der Waals surface area contributed by atoms with Gasteiger partial charge in [-0.3, -0.25) is 4.90 Å². The van der Waals surface area contributed by atoms with Crippen molar-refractivity contribution in [3.63, 3.8) is 0 Å². The number of piperazine rings is 1. The van der Waals surface area contributed by atoms with Crippen LogP contribution in [-0.2, 0) is 9.84 Å². The second-order valence-electron chi connectivity index (χ2n) is 7.34. The highest BCUT2D eigenvalue weighted by Crippen LogP contribution is 2.33. The Morgan fingerprint density at radius 1 is 1.19 bits per heavy atom. The molecule has 0 aromatic rings. The molecule has 4 nitrogen and oxygen atoms in total. The molecule has 3 aliphatic rings. The first-order valence-electron chi connectivity index (χ1n) is 8.75. The molecule has 1 saturated carbocycles. The molecular formula is C16H30N2O2S. The molecule has 2 unspecified atom stereocenters. The molecule has 3 rings (SSSR count). The van der Waals surface area contributed by atoms with Crippen LogP contribution in [0, 0.1) is 0 Å². The molecule has 21 heavy (non-hydrogen) atoms. The van der Waals surface area contributed by atoms with E-state index in [0.717, 1.165) is 38.9 Å². The minimum atomic E-state index is -2.82. The molecule has 122 valence electrons. The maximum absolute atomic E-state index is 12.2. The van der Waals surface area contributed by atoms with Crippen LogP contribution in [0.5, 0.6) is 0 Å². The molecule has 1 spiro atoms. The number of nitrogens with zero attached hydrogens (tertiary/aromatic N) is 1. The monoisotopic (exact) mass is 314 g/mol. The highest BCUT2D eigenvalue weighted by molar-refractivity contribution is 7.92. The van der Waals surface area contributed by atoms with E-state index in [1.807, 2.05) is 0 Å². The van der Waals surface area contributed by atoms with E-state index in [-0.39, 0.29) is 10.8 Å². The minimum Gasteiger partial charge on any atom is -0.308 e. The SMILES string of the molecule is CCC1CNC2(CCCCC2)CN1CC1CCCS1(=O)=O. The topological polar surface area (TPSA) is 49.4 Å². The van der Waals surface area contributed by atoms with Gasteiger partial charge in [-0.15, -0.1) is 0 Å². The molecule has 2 atom stereocenters. The van der Waals surface area contributed by atoms with Crippen molar-refractivity contribution >= 4 is 9.84 Å². The van der Waals surface area contributed by atoms with Gasteiger partial charge in [-0.25, -0.2) is 8.42 Å². The average Bonchev–Trinajstić information content (AvgIpc) is 2.79. The smallest absolute Gasteiger partial charge is 0.154 e. The Labute approximate surface area is 129 Å². The van der Waals surface area contributed by atoms with Crippen LogP contribution in [-0.4, -0.2) is 55.5 Å². The Balaban J connectivity index is 1.70. The Morgan fingerprint density at radius 2 is 1.95 bits per heavy atom. The van der Waals surface area contributed by atoms with Gasteiger partial charge in [-0.05, 0) is 32.1 Å². The van der Waals surface area contributed by atoms with E-state index in [1.165, 1.54) is 32.1 Å². The largest absolute Gasteiger partial charge is 0.308 e. The fourth-order valence-corrected chi connectivity index (χ4v) is 6.39. The van der Waals surface area contributed by atoms with Crippen molar-refractivity contribution in [1.82, 2.24) is 10.2 Å². The molecule has 2 saturated heterocycles. The third-order valence-electron chi connectivity index (χ3n) is 5.92. The Bertz CT molecular complexity index is 457. The van der Waals surface area contributed by atoms with Gasteiger partial charge >= 0.3 is 0 Å². The molecule has 0 aromatic heterocycles. The van der Waals surface area contributed by atoms with Gasteiger partial charge in [0.15, 0.2) is 9.84 Å². The van der Waals surface area contributed by atoms with Crippen LogP contribution in [0.2, 0.25) is 0 Å². The van der Waals surface area contributed by atoms with E-state index in [2.05, 4.69) is 17.1 Å². The molecule has 2 heterocycles. The second-order valence-corrected chi connectivity index (χ2v) is 9.75. The van der Waals surface area contributed by atoms with Gasteiger partial charge in [0.05, 0.1) is 11.0 Å². The Hall–Kier alpha value is -0.130. The van der Waals surface area contributed by atoms with E-state index in [4.69, 9.17) is 0 Å². The first-order valence-corrected chi connectivity index (χ1v) is 10.5. The van der Waals surface area contributed by atoms with Crippen molar-refractivity contribution in [1.29, 1.82) is 0 Å². The van der Waals surface area contributed by atoms with Crippen LogP contribution in [0.3, 0.4) is 0 Å². The van der Waals surface area contributed by atoms with E-state index in [9.17, 15) is 8.42 Å². The molecule has 1 aliphatic carbocycles. The van der Waals surface area contributed by atoms with Crippen LogP contribution in [0.15, 0.2) is 0 Å². The Morgan fingerprint density at radius 3 is 2.57 bits per heavy atom. The third kappa shape index (κ3) is 3.30. The zero-order chi connectivity index (χ0) is 14.9. The van der Waals surface area contributed by atoms with E-state index >= 15 is 0 Å². The highest BCUT2D eigenvalue weighted by atomic mass is 32.2. The zero-order valence-electron chi connectivity index (χ0n) is 13.3. The number of hydrogen-bond donors (Lipinski definition) is 1. The maximum Gasteiger partial charge on any atom is 0.154 e. The van der Waals surface area contributed by atoms with Gasteiger partial charge < -0.3 is 5.32 Å². The maximum atomic E-state index is 12.2. The molecule has 2 aliphatic heterocycles. The minimum absolute atomic E-state index is 0.106. The summed E-state index contributed by atoms with van der Waals surface area (Å²) in [5, 5.41) is 3.71. The summed E-state index contributed by atoms with van der Waals surface area (Å²) in [6.45, 7) is 5.08. The average molecular weight is 314 g/mol. The molecule has 1 N–H and O–H groups in total. The third-order valence-corrected chi connectivity index (χ3v) is 8.18. The van der Waals surface area contributed by atoms with Crippen molar-refractivity contribution in [2.75, 3.05) is 25.4 Å². The van der Waals surface area contributed by atoms with Crippen molar-refractivity contribution < 1.29 is 8.42 Å². The highest BCUT2D eigenvalue weighted by Gasteiger charge is 2.42. The van der Waals surface area contributed by atoms with Crippen LogP contribution in [0.25, 0.3) is 0 Å². The van der Waals surface area contributed by atoms with Crippen molar-refractivity contribution in [3.8, 4) is 0 Å². The van der Waals surface area contributed by atoms with Gasteiger partial charge in [-0.2, -0.15) is 0 Å². The molecule has 0 radical (unpaired) electrons. The van der Waals surface area contributed by atoms with Crippen molar-refractivity contribution in [2.24, 2.45) is 0 Å². The van der Waals surface area contributed by atoms with Crippen LogP contribution in [0.1, 0.15) is 58.3 Å². The second kappa shape index (κ2) is 6.17. The first-order chi connectivity index (χ1) is 10.0. The lowest BCUT2D eigenvalue weighted by molar-refractivity contribution is 0.0539. The van der Waals surface area contributed by atoms with E-state index in [1.54, 1.807) is 0 Å². The van der Waals surface area contributed by atoms with Gasteiger partial charge in [-0.1, -0.05) is 26.2 Å². The first kappa shape index (κ1) is 15.8. The Kier molecular flexibility index (Phi) is 4.63. The van der Waals surface area contributed by atoms with Crippen LogP contribution in [0.4, 0.5) is 0 Å². The summed E-state index contributed by atoms with van der Waals surface area (Å²) in [4.78, 5) is 2.51. The van der Waals surface area contributed by atoms with Crippen molar-refractivity contribution in [3.05, 3.63) is 0 Å². The quantitative estimate of drug-likeness (QED) is 0.865. The number of rotatable bonds is 3. The zero-order valence-corrected chi connectivity index (χ0v) is 14.1. The summed E-state index contributed by atoms with van der Waals surface area (Å²) >= 11 is 0. The van der Waals surface area contributed by atoms with Gasteiger partial charge in [0.2, 0.25) is 0 Å². The molecule has 5 heteroatoms. The lowest BCUT2D eigenvalue weighted by Gasteiger charge is -2.50. The number of hydrogen-bond acceptors (Lipinski definition) is 4. The molecule has 0 aromatic carbocycles. The van der Waals surface area contributed by atoms with Crippen molar-refractivity contribution in [2.45, 2.75) is 75.1 Å². The summed E-state index contributed by atoms with van der Waals surface area (Å²) in [6, 6.07) is 0.508. The molecule has 0 bridgehead atoms. The summed E-state index contributed by atoms with van der Waals surface area (Å²) in [6.07, 6.45) is 9.36. The lowest BCUT2D eigenvalue weighted by Crippen LogP contribution is -2.65. The van der Waals surface area contributed by atoms with E-state index < -0.39 is 9.84 Å². The standard InChI is InChI=1S/C16H30N2O2S/c1-2-14-11-17-16(8-4-3-5-9-16)13-18(14)12-15-7-6-10-21(15,19)20/h14-15,17H,2-13H2,1H3. The normalized spacial score (nSPS) is 36.0. The summed E-state index contributed by atoms with van der Waals surface area (Å²) in [5.74, 6) is 0.408. The summed E-state index contributed by atoms with van der Waals surface area (Å²) in [5.41, 5.74) is 0.270. The van der Waals surface area contributed by atoms with Gasteiger partial charge in [0.25, 0.3) is 0 Å². The fraction of sp³-hybridized carbons (Fsp3) is 1.00. The fourth-order valence-electron chi connectivity index (χ4n) is 4.54. The van der Waals surface area contributed by atoms with Crippen LogP contribution >= 0.6 is 0 Å². The molecular weight excluding hydrogens is 284 g/mol. The molecule has 0 amide bonds. The molecule has 3 fully saturated rings. The predicted molar refractivity (Wildman–Crippen MR) is 86.3 cm³/mol. The van der Waals surface area contributed by atoms with Gasteiger partial charge in [0.1, 0.15) is 0 Å². The van der Waals surface area contributed by atoms with E-state index in [0.29, 0.717) is 11.8 Å².